The summed E-state index contributed by atoms with van der Waals surface area (Å²) in [6.45, 7) is 15.4. The SMILES string of the molecule is CCCN(CC)Cc1ccccc1CNC(C)(C)C. The van der Waals surface area contributed by atoms with Crippen LogP contribution < -0.4 is 5.32 Å². The minimum Gasteiger partial charge on any atom is -0.308 e. The number of rotatable bonds is 7. The van der Waals surface area contributed by atoms with Gasteiger partial charge >= 0.3 is 0 Å². The van der Waals surface area contributed by atoms with Gasteiger partial charge in [-0.3, -0.25) is 4.90 Å². The third kappa shape index (κ3) is 6.22. The van der Waals surface area contributed by atoms with Crippen molar-refractivity contribution >= 4 is 0 Å². The van der Waals surface area contributed by atoms with Crippen molar-refractivity contribution < 1.29 is 0 Å². The lowest BCUT2D eigenvalue weighted by Gasteiger charge is -2.24. The van der Waals surface area contributed by atoms with Gasteiger partial charge in [0.1, 0.15) is 0 Å². The Bertz CT molecular complexity index is 366. The van der Waals surface area contributed by atoms with E-state index in [1.807, 2.05) is 0 Å². The van der Waals surface area contributed by atoms with Crippen LogP contribution in [-0.4, -0.2) is 23.5 Å². The van der Waals surface area contributed by atoms with Gasteiger partial charge in [-0.25, -0.2) is 0 Å². The summed E-state index contributed by atoms with van der Waals surface area (Å²) in [6, 6.07) is 8.79. The maximum absolute atomic E-state index is 3.58. The summed E-state index contributed by atoms with van der Waals surface area (Å²) < 4.78 is 0. The molecule has 0 saturated heterocycles. The standard InChI is InChI=1S/C17H30N2/c1-6-12-19(7-2)14-16-11-9-8-10-15(16)13-18-17(3,4)5/h8-11,18H,6-7,12-14H2,1-5H3. The van der Waals surface area contributed by atoms with Gasteiger partial charge in [0.15, 0.2) is 0 Å². The van der Waals surface area contributed by atoms with Gasteiger partial charge in [0.25, 0.3) is 0 Å². The van der Waals surface area contributed by atoms with Crippen LogP contribution in [0.25, 0.3) is 0 Å². The maximum Gasteiger partial charge on any atom is 0.0236 e. The molecule has 0 aliphatic carbocycles. The Morgan fingerprint density at radius 1 is 1.05 bits per heavy atom. The molecule has 0 bridgehead atoms. The van der Waals surface area contributed by atoms with Crippen molar-refractivity contribution in [2.45, 2.75) is 59.7 Å². The van der Waals surface area contributed by atoms with Crippen LogP contribution in [0.5, 0.6) is 0 Å². The lowest BCUT2D eigenvalue weighted by molar-refractivity contribution is 0.279. The lowest BCUT2D eigenvalue weighted by Crippen LogP contribution is -2.35. The lowest BCUT2D eigenvalue weighted by atomic mass is 10.0. The highest BCUT2D eigenvalue weighted by atomic mass is 15.1. The van der Waals surface area contributed by atoms with Crippen molar-refractivity contribution in [3.8, 4) is 0 Å². The van der Waals surface area contributed by atoms with Crippen LogP contribution in [0.3, 0.4) is 0 Å². The van der Waals surface area contributed by atoms with E-state index in [-0.39, 0.29) is 5.54 Å². The molecule has 0 saturated carbocycles. The molecular weight excluding hydrogens is 232 g/mol. The average Bonchev–Trinajstić information content (AvgIpc) is 2.36. The van der Waals surface area contributed by atoms with Gasteiger partial charge in [0, 0.05) is 18.6 Å². The van der Waals surface area contributed by atoms with Crippen molar-refractivity contribution in [1.29, 1.82) is 0 Å². The first-order valence-corrected chi connectivity index (χ1v) is 7.50. The second-order valence-electron chi connectivity index (χ2n) is 6.24. The van der Waals surface area contributed by atoms with Crippen LogP contribution in [0.4, 0.5) is 0 Å². The van der Waals surface area contributed by atoms with Crippen molar-refractivity contribution in [1.82, 2.24) is 10.2 Å². The fourth-order valence-corrected chi connectivity index (χ4v) is 2.15. The first-order valence-electron chi connectivity index (χ1n) is 7.50. The van der Waals surface area contributed by atoms with Crippen LogP contribution in [0.1, 0.15) is 52.2 Å². The van der Waals surface area contributed by atoms with Crippen LogP contribution in [0.2, 0.25) is 0 Å². The minimum absolute atomic E-state index is 0.168. The molecular formula is C17H30N2. The molecule has 1 N–H and O–H groups in total. The fraction of sp³-hybridized carbons (Fsp3) is 0.647. The van der Waals surface area contributed by atoms with Crippen LogP contribution in [0, 0.1) is 0 Å². The summed E-state index contributed by atoms with van der Waals surface area (Å²) in [4.78, 5) is 2.51. The monoisotopic (exact) mass is 262 g/mol. The molecule has 1 rings (SSSR count). The molecule has 0 spiro atoms. The second-order valence-corrected chi connectivity index (χ2v) is 6.24. The van der Waals surface area contributed by atoms with E-state index in [2.05, 4.69) is 69.1 Å². The fourth-order valence-electron chi connectivity index (χ4n) is 2.15. The van der Waals surface area contributed by atoms with E-state index in [0.29, 0.717) is 0 Å². The third-order valence-corrected chi connectivity index (χ3v) is 3.31. The van der Waals surface area contributed by atoms with E-state index in [4.69, 9.17) is 0 Å². The molecule has 0 aromatic heterocycles. The Morgan fingerprint density at radius 2 is 1.68 bits per heavy atom. The van der Waals surface area contributed by atoms with Gasteiger partial charge < -0.3 is 5.32 Å². The first kappa shape index (κ1) is 16.2. The van der Waals surface area contributed by atoms with Crippen LogP contribution in [-0.2, 0) is 13.1 Å². The Labute approximate surface area is 119 Å². The molecule has 1 aromatic carbocycles. The van der Waals surface area contributed by atoms with Crippen LogP contribution >= 0.6 is 0 Å². The van der Waals surface area contributed by atoms with Crippen molar-refractivity contribution in [3.05, 3.63) is 35.4 Å². The molecule has 0 amide bonds. The molecule has 0 unspecified atom stereocenters. The summed E-state index contributed by atoms with van der Waals surface area (Å²) in [5.41, 5.74) is 3.04. The maximum atomic E-state index is 3.58. The molecule has 0 aliphatic heterocycles. The predicted octanol–water partition coefficient (Wildman–Crippen LogP) is 3.81. The van der Waals surface area contributed by atoms with E-state index in [1.54, 1.807) is 0 Å². The number of hydrogen-bond donors (Lipinski definition) is 1. The molecule has 0 atom stereocenters. The number of nitrogens with zero attached hydrogens (tertiary/aromatic N) is 1. The highest BCUT2D eigenvalue weighted by Gasteiger charge is 2.11. The Balaban J connectivity index is 2.72. The molecule has 2 heteroatoms. The zero-order valence-corrected chi connectivity index (χ0v) is 13.3. The highest BCUT2D eigenvalue weighted by Crippen LogP contribution is 2.13. The summed E-state index contributed by atoms with van der Waals surface area (Å²) in [7, 11) is 0. The van der Waals surface area contributed by atoms with Gasteiger partial charge in [-0.1, -0.05) is 38.1 Å². The molecule has 19 heavy (non-hydrogen) atoms. The Morgan fingerprint density at radius 3 is 2.21 bits per heavy atom. The van der Waals surface area contributed by atoms with Gasteiger partial charge in [-0.2, -0.15) is 0 Å². The predicted molar refractivity (Wildman–Crippen MR) is 84.3 cm³/mol. The van der Waals surface area contributed by atoms with E-state index >= 15 is 0 Å². The topological polar surface area (TPSA) is 15.3 Å². The third-order valence-electron chi connectivity index (χ3n) is 3.31. The number of hydrogen-bond acceptors (Lipinski definition) is 2. The van der Waals surface area contributed by atoms with Gasteiger partial charge in [-0.05, 0) is 51.4 Å². The molecule has 1 aromatic rings. The second kappa shape index (κ2) is 7.66. The molecule has 108 valence electrons. The zero-order chi connectivity index (χ0) is 14.3. The van der Waals surface area contributed by atoms with Gasteiger partial charge in [0.05, 0.1) is 0 Å². The quantitative estimate of drug-likeness (QED) is 0.804. The van der Waals surface area contributed by atoms with E-state index in [9.17, 15) is 0 Å². The number of benzene rings is 1. The largest absolute Gasteiger partial charge is 0.308 e. The zero-order valence-electron chi connectivity index (χ0n) is 13.3. The Hall–Kier alpha value is -0.860. The van der Waals surface area contributed by atoms with Crippen molar-refractivity contribution in [2.24, 2.45) is 0 Å². The highest BCUT2D eigenvalue weighted by molar-refractivity contribution is 5.27. The summed E-state index contributed by atoms with van der Waals surface area (Å²) in [5.74, 6) is 0. The number of nitrogens with one attached hydrogen (secondary N) is 1. The molecule has 0 radical (unpaired) electrons. The van der Waals surface area contributed by atoms with E-state index in [0.717, 1.165) is 19.6 Å². The van der Waals surface area contributed by atoms with Gasteiger partial charge in [-0.15, -0.1) is 0 Å². The summed E-state index contributed by atoms with van der Waals surface area (Å²) >= 11 is 0. The van der Waals surface area contributed by atoms with Crippen molar-refractivity contribution in [3.63, 3.8) is 0 Å². The van der Waals surface area contributed by atoms with Crippen LogP contribution in [0.15, 0.2) is 24.3 Å². The summed E-state index contributed by atoms with van der Waals surface area (Å²) in [6.07, 6.45) is 1.22. The molecule has 2 nitrogen and oxygen atoms in total. The smallest absolute Gasteiger partial charge is 0.0236 e. The normalized spacial score (nSPS) is 12.1. The summed E-state index contributed by atoms with van der Waals surface area (Å²) in [5, 5.41) is 3.58. The molecule has 0 heterocycles. The van der Waals surface area contributed by atoms with E-state index in [1.165, 1.54) is 24.1 Å². The Kier molecular flexibility index (Phi) is 6.53. The van der Waals surface area contributed by atoms with Crippen molar-refractivity contribution in [2.75, 3.05) is 13.1 Å². The van der Waals surface area contributed by atoms with E-state index < -0.39 is 0 Å². The first-order chi connectivity index (χ1) is 8.96. The average molecular weight is 262 g/mol. The minimum atomic E-state index is 0.168. The molecule has 0 aliphatic rings. The molecule has 0 fully saturated rings. The van der Waals surface area contributed by atoms with Gasteiger partial charge in [0.2, 0.25) is 0 Å².